The molecule has 0 aliphatic carbocycles. The van der Waals surface area contributed by atoms with Crippen LogP contribution in [0.15, 0.2) is 24.5 Å². The van der Waals surface area contributed by atoms with Crippen LogP contribution in [0.5, 0.6) is 0 Å². The molecule has 1 saturated heterocycles. The molecule has 7 nitrogen and oxygen atoms in total. The van der Waals surface area contributed by atoms with E-state index in [0.717, 1.165) is 11.6 Å². The fraction of sp³-hybridized carbons (Fsp3) is 0.450. The summed E-state index contributed by atoms with van der Waals surface area (Å²) in [6.45, 7) is 4.46. The molecule has 1 fully saturated rings. The summed E-state index contributed by atoms with van der Waals surface area (Å²) in [5.74, 6) is -0.464. The Labute approximate surface area is 171 Å². The highest BCUT2D eigenvalue weighted by Crippen LogP contribution is 2.32. The molecule has 1 atom stereocenters. The molecule has 1 N–H and O–H groups in total. The van der Waals surface area contributed by atoms with E-state index in [2.05, 4.69) is 15.3 Å². The number of halogens is 3. The number of alkyl halides is 2. The Balaban J connectivity index is 1.51. The maximum absolute atomic E-state index is 14.5. The zero-order chi connectivity index (χ0) is 21.3. The number of hydrogen-bond donors (Lipinski definition) is 1. The Morgan fingerprint density at radius 1 is 1.13 bits per heavy atom. The van der Waals surface area contributed by atoms with Gasteiger partial charge in [0.25, 0.3) is 6.43 Å². The van der Waals surface area contributed by atoms with Crippen LogP contribution in [-0.2, 0) is 17.8 Å². The van der Waals surface area contributed by atoms with Gasteiger partial charge < -0.3 is 19.9 Å². The minimum absolute atomic E-state index is 0.0917. The van der Waals surface area contributed by atoms with Crippen LogP contribution in [-0.4, -0.2) is 52.1 Å². The standard InChI is InChI=1S/C20H22F3N5O2/c1-12(13-3-2-4-14(17(13)21)18(22)23)26-19-15-9-28(10-16(15)24-11-25-19)20(29)27-5-7-30-8-6-27/h2-4,11-12,18H,5-10H2,1H3,(H,24,25,26)/t12-/m1/s1. The van der Waals surface area contributed by atoms with Gasteiger partial charge in [-0.2, -0.15) is 0 Å². The van der Waals surface area contributed by atoms with Crippen molar-refractivity contribution in [1.29, 1.82) is 0 Å². The first-order valence-electron chi connectivity index (χ1n) is 9.73. The third-order valence-corrected chi connectivity index (χ3v) is 5.39. The van der Waals surface area contributed by atoms with E-state index < -0.39 is 23.8 Å². The van der Waals surface area contributed by atoms with E-state index in [0.29, 0.717) is 50.9 Å². The molecule has 0 saturated carbocycles. The average molecular weight is 421 g/mol. The Morgan fingerprint density at radius 2 is 1.87 bits per heavy atom. The minimum Gasteiger partial charge on any atom is -0.378 e. The molecule has 0 radical (unpaired) electrons. The average Bonchev–Trinajstić information content (AvgIpc) is 3.19. The van der Waals surface area contributed by atoms with E-state index >= 15 is 0 Å². The molecule has 0 spiro atoms. The van der Waals surface area contributed by atoms with Crippen molar-refractivity contribution in [3.63, 3.8) is 0 Å². The van der Waals surface area contributed by atoms with E-state index in [-0.39, 0.29) is 11.6 Å². The lowest BCUT2D eigenvalue weighted by Gasteiger charge is -2.30. The fourth-order valence-corrected chi connectivity index (χ4v) is 3.75. The van der Waals surface area contributed by atoms with Crippen LogP contribution >= 0.6 is 0 Å². The van der Waals surface area contributed by atoms with Crippen molar-refractivity contribution in [2.24, 2.45) is 0 Å². The highest BCUT2D eigenvalue weighted by atomic mass is 19.3. The molecule has 0 unspecified atom stereocenters. The first-order chi connectivity index (χ1) is 14.5. The number of urea groups is 1. The summed E-state index contributed by atoms with van der Waals surface area (Å²) in [4.78, 5) is 24.7. The van der Waals surface area contributed by atoms with Crippen molar-refractivity contribution in [1.82, 2.24) is 19.8 Å². The predicted molar refractivity (Wildman–Crippen MR) is 102 cm³/mol. The van der Waals surface area contributed by atoms with Crippen LogP contribution < -0.4 is 5.32 Å². The van der Waals surface area contributed by atoms with Gasteiger partial charge in [0.1, 0.15) is 18.0 Å². The lowest BCUT2D eigenvalue weighted by Crippen LogP contribution is -2.46. The van der Waals surface area contributed by atoms with Crippen LogP contribution in [0.25, 0.3) is 0 Å². The van der Waals surface area contributed by atoms with Gasteiger partial charge in [-0.1, -0.05) is 18.2 Å². The number of rotatable bonds is 4. The van der Waals surface area contributed by atoms with E-state index in [4.69, 9.17) is 4.74 Å². The van der Waals surface area contributed by atoms with Crippen molar-refractivity contribution in [3.8, 4) is 0 Å². The minimum atomic E-state index is -2.89. The van der Waals surface area contributed by atoms with Gasteiger partial charge in [0.05, 0.1) is 43.6 Å². The van der Waals surface area contributed by atoms with Crippen molar-refractivity contribution in [2.75, 3.05) is 31.6 Å². The molecule has 2 aromatic rings. The maximum atomic E-state index is 14.5. The van der Waals surface area contributed by atoms with Gasteiger partial charge in [-0.3, -0.25) is 0 Å². The third-order valence-electron chi connectivity index (χ3n) is 5.39. The van der Waals surface area contributed by atoms with Crippen LogP contribution in [0, 0.1) is 5.82 Å². The summed E-state index contributed by atoms with van der Waals surface area (Å²) in [5.41, 5.74) is 0.954. The van der Waals surface area contributed by atoms with Crippen molar-refractivity contribution >= 4 is 11.8 Å². The first-order valence-corrected chi connectivity index (χ1v) is 9.73. The molecule has 1 aromatic heterocycles. The van der Waals surface area contributed by atoms with Gasteiger partial charge in [0.15, 0.2) is 0 Å². The van der Waals surface area contributed by atoms with Crippen LogP contribution in [0.4, 0.5) is 23.8 Å². The summed E-state index contributed by atoms with van der Waals surface area (Å²) in [6.07, 6.45) is -1.51. The molecular weight excluding hydrogens is 399 g/mol. The third kappa shape index (κ3) is 3.91. The number of carbonyl (C=O) groups excluding carboxylic acids is 1. The molecule has 160 valence electrons. The van der Waals surface area contributed by atoms with Gasteiger partial charge in [0.2, 0.25) is 0 Å². The monoisotopic (exact) mass is 421 g/mol. The number of anilines is 1. The number of morpholine rings is 1. The number of fused-ring (bicyclic) bond motifs is 1. The van der Waals surface area contributed by atoms with Crippen molar-refractivity contribution in [2.45, 2.75) is 32.5 Å². The summed E-state index contributed by atoms with van der Waals surface area (Å²) >= 11 is 0. The van der Waals surface area contributed by atoms with Gasteiger partial charge in [0, 0.05) is 24.2 Å². The highest BCUT2D eigenvalue weighted by Gasteiger charge is 2.31. The second-order valence-corrected chi connectivity index (χ2v) is 7.30. The quantitative estimate of drug-likeness (QED) is 0.819. The first kappa shape index (κ1) is 20.4. The second-order valence-electron chi connectivity index (χ2n) is 7.30. The topological polar surface area (TPSA) is 70.6 Å². The zero-order valence-corrected chi connectivity index (χ0v) is 16.4. The van der Waals surface area contributed by atoms with Gasteiger partial charge in [-0.15, -0.1) is 0 Å². The number of hydrogen-bond acceptors (Lipinski definition) is 5. The van der Waals surface area contributed by atoms with E-state index in [1.165, 1.54) is 18.5 Å². The molecule has 30 heavy (non-hydrogen) atoms. The van der Waals surface area contributed by atoms with Crippen molar-refractivity contribution in [3.05, 3.63) is 52.7 Å². The van der Waals surface area contributed by atoms with Crippen molar-refractivity contribution < 1.29 is 22.7 Å². The summed E-state index contributed by atoms with van der Waals surface area (Å²) in [7, 11) is 0. The fourth-order valence-electron chi connectivity index (χ4n) is 3.75. The summed E-state index contributed by atoms with van der Waals surface area (Å²) in [6, 6.07) is 3.26. The van der Waals surface area contributed by atoms with E-state index in [1.54, 1.807) is 16.7 Å². The SMILES string of the molecule is C[C@@H](Nc1ncnc2c1CN(C(=O)N1CCOCC1)C2)c1cccc(C(F)F)c1F. The van der Waals surface area contributed by atoms with E-state index in [1.807, 2.05) is 0 Å². The summed E-state index contributed by atoms with van der Waals surface area (Å²) in [5, 5.41) is 3.10. The molecule has 2 aliphatic rings. The summed E-state index contributed by atoms with van der Waals surface area (Å²) < 4.78 is 45.8. The largest absolute Gasteiger partial charge is 0.378 e. The van der Waals surface area contributed by atoms with Crippen LogP contribution in [0.2, 0.25) is 0 Å². The maximum Gasteiger partial charge on any atom is 0.320 e. The Morgan fingerprint density at radius 3 is 2.60 bits per heavy atom. The number of amides is 2. The smallest absolute Gasteiger partial charge is 0.320 e. The van der Waals surface area contributed by atoms with E-state index in [9.17, 15) is 18.0 Å². The lowest BCUT2D eigenvalue weighted by molar-refractivity contribution is 0.0429. The second kappa shape index (κ2) is 8.47. The number of carbonyl (C=O) groups is 1. The molecule has 2 amide bonds. The molecule has 4 rings (SSSR count). The molecule has 10 heteroatoms. The number of nitrogens with zero attached hydrogens (tertiary/aromatic N) is 4. The number of aromatic nitrogens is 2. The number of nitrogens with one attached hydrogen (secondary N) is 1. The van der Waals surface area contributed by atoms with Gasteiger partial charge >= 0.3 is 6.03 Å². The van der Waals surface area contributed by atoms with Gasteiger partial charge in [-0.05, 0) is 6.92 Å². The Hall–Kier alpha value is -2.88. The molecule has 0 bridgehead atoms. The van der Waals surface area contributed by atoms with Crippen LogP contribution in [0.3, 0.4) is 0 Å². The highest BCUT2D eigenvalue weighted by molar-refractivity contribution is 5.75. The van der Waals surface area contributed by atoms with Gasteiger partial charge in [-0.25, -0.2) is 27.9 Å². The number of benzene rings is 1. The Bertz CT molecular complexity index is 937. The molecule has 2 aliphatic heterocycles. The molecule has 3 heterocycles. The Kier molecular flexibility index (Phi) is 5.76. The predicted octanol–water partition coefficient (Wildman–Crippen LogP) is 3.49. The lowest BCUT2D eigenvalue weighted by atomic mass is 10.0. The number of ether oxygens (including phenoxy) is 1. The normalized spacial score (nSPS) is 17.2. The molecular formula is C20H22F3N5O2. The van der Waals surface area contributed by atoms with Crippen LogP contribution in [0.1, 0.15) is 41.8 Å². The zero-order valence-electron chi connectivity index (χ0n) is 16.4. The molecule has 1 aromatic carbocycles.